The predicted molar refractivity (Wildman–Crippen MR) is 78.5 cm³/mol. The van der Waals surface area contributed by atoms with E-state index in [-0.39, 0.29) is 5.97 Å². The number of thioether (sulfide) groups is 1. The first kappa shape index (κ1) is 15.4. The molecule has 0 bridgehead atoms. The quantitative estimate of drug-likeness (QED) is 0.376. The molecule has 0 unspecified atom stereocenters. The molecule has 0 saturated heterocycles. The third-order valence-electron chi connectivity index (χ3n) is 2.43. The average Bonchev–Trinajstić information content (AvgIpc) is 2.41. The fraction of sp³-hybridized carbons (Fsp3) is 0.357. The Labute approximate surface area is 118 Å². The minimum Gasteiger partial charge on any atom is -0.494 e. The molecular weight excluding hydrogens is 262 g/mol. The van der Waals surface area contributed by atoms with Gasteiger partial charge < -0.3 is 15.2 Å². The smallest absolute Gasteiger partial charge is 0.333 e. The molecule has 19 heavy (non-hydrogen) atoms. The topological polar surface area (TPSA) is 61.5 Å². The van der Waals surface area contributed by atoms with Crippen LogP contribution in [0.4, 0.5) is 5.69 Å². The Morgan fingerprint density at radius 3 is 2.84 bits per heavy atom. The minimum absolute atomic E-state index is 0.309. The van der Waals surface area contributed by atoms with Gasteiger partial charge in [-0.2, -0.15) is 0 Å². The van der Waals surface area contributed by atoms with E-state index in [1.165, 1.54) is 7.11 Å². The molecule has 1 rings (SSSR count). The Balaban J connectivity index is 2.67. The molecule has 5 heteroatoms. The van der Waals surface area contributed by atoms with E-state index < -0.39 is 0 Å². The lowest BCUT2D eigenvalue weighted by Gasteiger charge is -2.08. The summed E-state index contributed by atoms with van der Waals surface area (Å²) in [6, 6.07) is 5.58. The lowest BCUT2D eigenvalue weighted by molar-refractivity contribution is -0.136. The van der Waals surface area contributed by atoms with Crippen LogP contribution in [0.1, 0.15) is 13.8 Å². The van der Waals surface area contributed by atoms with Gasteiger partial charge in [0, 0.05) is 21.9 Å². The van der Waals surface area contributed by atoms with E-state index in [0.29, 0.717) is 23.6 Å². The van der Waals surface area contributed by atoms with Crippen molar-refractivity contribution in [2.24, 2.45) is 0 Å². The zero-order chi connectivity index (χ0) is 14.3. The molecule has 104 valence electrons. The normalized spacial score (nSPS) is 11.2. The second-order valence-corrected chi connectivity index (χ2v) is 4.88. The van der Waals surface area contributed by atoms with Crippen LogP contribution in [-0.2, 0) is 9.53 Å². The van der Waals surface area contributed by atoms with E-state index in [2.05, 4.69) is 4.74 Å². The highest BCUT2D eigenvalue weighted by Crippen LogP contribution is 2.29. The van der Waals surface area contributed by atoms with Gasteiger partial charge in [-0.15, -0.1) is 11.8 Å². The summed E-state index contributed by atoms with van der Waals surface area (Å²) in [7, 11) is 1.37. The second-order valence-electron chi connectivity index (χ2n) is 3.82. The zero-order valence-corrected chi connectivity index (χ0v) is 12.3. The fourth-order valence-electron chi connectivity index (χ4n) is 1.40. The first-order chi connectivity index (χ1) is 9.08. The van der Waals surface area contributed by atoms with Gasteiger partial charge in [0.15, 0.2) is 0 Å². The highest BCUT2D eigenvalue weighted by atomic mass is 32.2. The summed E-state index contributed by atoms with van der Waals surface area (Å²) >= 11 is 1.55. The van der Waals surface area contributed by atoms with Crippen molar-refractivity contribution in [2.45, 2.75) is 18.7 Å². The van der Waals surface area contributed by atoms with Gasteiger partial charge in [0.2, 0.25) is 0 Å². The standard InChI is InChI=1S/C14H19NO3S/c1-4-18-11-5-6-12(15)13(9-11)19-8-7-10(2)14(16)17-3/h5-7,9H,4,8,15H2,1-3H3. The third kappa shape index (κ3) is 4.87. The van der Waals surface area contributed by atoms with Crippen LogP contribution in [0, 0.1) is 0 Å². The summed E-state index contributed by atoms with van der Waals surface area (Å²) in [5.41, 5.74) is 7.20. The molecule has 0 heterocycles. The number of anilines is 1. The van der Waals surface area contributed by atoms with Crippen LogP contribution >= 0.6 is 11.8 Å². The Kier molecular flexibility index (Phi) is 6.29. The largest absolute Gasteiger partial charge is 0.494 e. The van der Waals surface area contributed by atoms with E-state index in [1.54, 1.807) is 18.7 Å². The second kappa shape index (κ2) is 7.74. The van der Waals surface area contributed by atoms with Crippen molar-refractivity contribution < 1.29 is 14.3 Å². The van der Waals surface area contributed by atoms with Crippen LogP contribution in [0.25, 0.3) is 0 Å². The number of benzene rings is 1. The maximum absolute atomic E-state index is 11.2. The van der Waals surface area contributed by atoms with Crippen LogP contribution in [0.2, 0.25) is 0 Å². The van der Waals surface area contributed by atoms with Gasteiger partial charge in [0.25, 0.3) is 0 Å². The van der Waals surface area contributed by atoms with E-state index >= 15 is 0 Å². The Bertz CT molecular complexity index is 472. The molecule has 0 aliphatic heterocycles. The number of hydrogen-bond acceptors (Lipinski definition) is 5. The molecule has 0 aliphatic carbocycles. The molecule has 0 spiro atoms. The van der Waals surface area contributed by atoms with Crippen molar-refractivity contribution in [3.63, 3.8) is 0 Å². The number of rotatable bonds is 6. The molecule has 1 aromatic rings. The zero-order valence-electron chi connectivity index (χ0n) is 11.4. The summed E-state index contributed by atoms with van der Waals surface area (Å²) in [6.07, 6.45) is 1.82. The first-order valence-electron chi connectivity index (χ1n) is 5.98. The van der Waals surface area contributed by atoms with Crippen LogP contribution < -0.4 is 10.5 Å². The minimum atomic E-state index is -0.309. The van der Waals surface area contributed by atoms with E-state index in [1.807, 2.05) is 31.2 Å². The maximum atomic E-state index is 11.2. The summed E-state index contributed by atoms with van der Waals surface area (Å²) < 4.78 is 10.1. The van der Waals surface area contributed by atoms with Gasteiger partial charge in [-0.25, -0.2) is 4.79 Å². The number of carbonyl (C=O) groups is 1. The molecule has 0 aromatic heterocycles. The van der Waals surface area contributed by atoms with Crippen molar-refractivity contribution >= 4 is 23.4 Å². The van der Waals surface area contributed by atoms with E-state index in [9.17, 15) is 4.79 Å². The van der Waals surface area contributed by atoms with Crippen molar-refractivity contribution in [1.29, 1.82) is 0 Å². The first-order valence-corrected chi connectivity index (χ1v) is 6.97. The molecule has 1 aromatic carbocycles. The van der Waals surface area contributed by atoms with Gasteiger partial charge in [-0.05, 0) is 32.0 Å². The highest BCUT2D eigenvalue weighted by molar-refractivity contribution is 7.99. The lowest BCUT2D eigenvalue weighted by atomic mass is 10.3. The van der Waals surface area contributed by atoms with Crippen LogP contribution in [0.15, 0.2) is 34.7 Å². The summed E-state index contributed by atoms with van der Waals surface area (Å²) in [6.45, 7) is 4.29. The molecule has 0 saturated carbocycles. The van der Waals surface area contributed by atoms with Crippen molar-refractivity contribution in [1.82, 2.24) is 0 Å². The number of nitrogen functional groups attached to an aromatic ring is 1. The average molecular weight is 281 g/mol. The lowest BCUT2D eigenvalue weighted by Crippen LogP contribution is -2.01. The Morgan fingerprint density at radius 1 is 1.47 bits per heavy atom. The molecule has 0 atom stereocenters. The summed E-state index contributed by atoms with van der Waals surface area (Å²) in [4.78, 5) is 12.2. The summed E-state index contributed by atoms with van der Waals surface area (Å²) in [5, 5.41) is 0. The molecule has 0 fully saturated rings. The highest BCUT2D eigenvalue weighted by Gasteiger charge is 2.04. The number of methoxy groups -OCH3 is 1. The number of hydrogen-bond donors (Lipinski definition) is 1. The van der Waals surface area contributed by atoms with Crippen LogP contribution in [0.5, 0.6) is 5.75 Å². The van der Waals surface area contributed by atoms with Gasteiger partial charge in [0.1, 0.15) is 5.75 Å². The van der Waals surface area contributed by atoms with Crippen LogP contribution in [-0.4, -0.2) is 25.4 Å². The third-order valence-corrected chi connectivity index (χ3v) is 3.43. The molecule has 0 radical (unpaired) electrons. The SMILES string of the molecule is CCOc1ccc(N)c(SCC=C(C)C(=O)OC)c1. The van der Waals surface area contributed by atoms with E-state index in [4.69, 9.17) is 10.5 Å². The van der Waals surface area contributed by atoms with Gasteiger partial charge in [-0.3, -0.25) is 0 Å². The van der Waals surface area contributed by atoms with E-state index in [0.717, 1.165) is 10.6 Å². The van der Waals surface area contributed by atoms with Gasteiger partial charge >= 0.3 is 5.97 Å². The monoisotopic (exact) mass is 281 g/mol. The number of ether oxygens (including phenoxy) is 2. The molecular formula is C14H19NO3S. The number of esters is 1. The Morgan fingerprint density at radius 2 is 2.21 bits per heavy atom. The number of carbonyl (C=O) groups excluding carboxylic acids is 1. The van der Waals surface area contributed by atoms with Crippen molar-refractivity contribution in [2.75, 3.05) is 25.2 Å². The summed E-state index contributed by atoms with van der Waals surface area (Å²) in [5.74, 6) is 1.14. The van der Waals surface area contributed by atoms with Gasteiger partial charge in [0.05, 0.1) is 13.7 Å². The number of nitrogens with two attached hydrogens (primary N) is 1. The van der Waals surface area contributed by atoms with Gasteiger partial charge in [-0.1, -0.05) is 6.08 Å². The van der Waals surface area contributed by atoms with Crippen molar-refractivity contribution in [3.8, 4) is 5.75 Å². The predicted octanol–water partition coefficient (Wildman–Crippen LogP) is 2.88. The molecule has 0 aliphatic rings. The maximum Gasteiger partial charge on any atom is 0.333 e. The molecule has 4 nitrogen and oxygen atoms in total. The fourth-order valence-corrected chi connectivity index (χ4v) is 2.34. The van der Waals surface area contributed by atoms with Crippen molar-refractivity contribution in [3.05, 3.63) is 29.8 Å². The van der Waals surface area contributed by atoms with Crippen LogP contribution in [0.3, 0.4) is 0 Å². The Hall–Kier alpha value is -1.62. The molecule has 0 amide bonds. The molecule has 2 N–H and O–H groups in total.